The number of methoxy groups -OCH3 is 1. The summed E-state index contributed by atoms with van der Waals surface area (Å²) in [6.07, 6.45) is 2.13. The van der Waals surface area contributed by atoms with Crippen LogP contribution in [0.25, 0.3) is 0 Å². The summed E-state index contributed by atoms with van der Waals surface area (Å²) in [4.78, 5) is 36.0. The van der Waals surface area contributed by atoms with Crippen molar-refractivity contribution in [2.45, 2.75) is 39.3 Å². The first-order valence-electron chi connectivity index (χ1n) is 8.07. The zero-order chi connectivity index (χ0) is 18.0. The number of nitrogens with one attached hydrogen (secondary N) is 1. The number of hydrogen-bond donors (Lipinski definition) is 1. The predicted octanol–water partition coefficient (Wildman–Crippen LogP) is 2.65. The third-order valence-corrected chi connectivity index (χ3v) is 4.99. The number of hydrogen-bond acceptors (Lipinski definition) is 4. The predicted molar refractivity (Wildman–Crippen MR) is 98.3 cm³/mol. The molecule has 7 nitrogen and oxygen atoms in total. The highest BCUT2D eigenvalue weighted by Crippen LogP contribution is 2.35. The van der Waals surface area contributed by atoms with Crippen molar-refractivity contribution in [1.29, 1.82) is 0 Å². The van der Waals surface area contributed by atoms with Crippen molar-refractivity contribution in [3.8, 4) is 0 Å². The molecule has 0 unspecified atom stereocenters. The Labute approximate surface area is 156 Å². The average molecular weight is 448 g/mol. The highest BCUT2D eigenvalue weighted by atomic mass is 127. The molecule has 1 aliphatic heterocycles. The maximum absolute atomic E-state index is 13.2. The normalized spacial score (nSPS) is 21.9. The molecular weight excluding hydrogens is 423 g/mol. The van der Waals surface area contributed by atoms with Gasteiger partial charge in [0.15, 0.2) is 0 Å². The monoisotopic (exact) mass is 448 g/mol. The topological polar surface area (TPSA) is 78.5 Å². The minimum atomic E-state index is -0.556. The zero-order valence-electron chi connectivity index (χ0n) is 14.7. The van der Waals surface area contributed by atoms with Crippen LogP contribution in [0.5, 0.6) is 0 Å². The molecule has 2 rings (SSSR count). The molecule has 0 radical (unpaired) electrons. The number of imidazole rings is 1. The summed E-state index contributed by atoms with van der Waals surface area (Å²) in [5.41, 5.74) is 0. The first-order chi connectivity index (χ1) is 11.3. The van der Waals surface area contributed by atoms with E-state index in [-0.39, 0.29) is 17.9 Å². The van der Waals surface area contributed by atoms with Gasteiger partial charge in [0.1, 0.15) is 11.9 Å². The number of ether oxygens (including phenoxy) is 1. The summed E-state index contributed by atoms with van der Waals surface area (Å²) in [6.45, 7) is 6.67. The molecule has 2 heterocycles. The van der Waals surface area contributed by atoms with E-state index in [4.69, 9.17) is 4.74 Å². The van der Waals surface area contributed by atoms with Crippen molar-refractivity contribution in [1.82, 2.24) is 19.8 Å². The van der Waals surface area contributed by atoms with Crippen molar-refractivity contribution >= 4 is 34.6 Å². The van der Waals surface area contributed by atoms with Crippen LogP contribution in [0.1, 0.15) is 39.1 Å². The second-order valence-electron chi connectivity index (χ2n) is 6.73. The van der Waals surface area contributed by atoms with Crippen LogP contribution in [-0.4, -0.2) is 58.5 Å². The Morgan fingerprint density at radius 2 is 2.17 bits per heavy atom. The summed E-state index contributed by atoms with van der Waals surface area (Å²) in [5.74, 6) is 1.12. The number of amides is 2. The van der Waals surface area contributed by atoms with E-state index in [2.05, 4.69) is 39.5 Å². The van der Waals surface area contributed by atoms with Crippen molar-refractivity contribution < 1.29 is 14.3 Å². The van der Waals surface area contributed by atoms with Crippen LogP contribution in [0.4, 0.5) is 4.79 Å². The fourth-order valence-corrected chi connectivity index (χ4v) is 3.77. The highest BCUT2D eigenvalue weighted by molar-refractivity contribution is 14.1. The molecule has 1 N–H and O–H groups in total. The smallest absolute Gasteiger partial charge is 0.409 e. The number of nitrogens with zero attached hydrogens (tertiary/aromatic N) is 3. The number of H-pyrrole nitrogens is 1. The number of rotatable bonds is 4. The zero-order valence-corrected chi connectivity index (χ0v) is 16.9. The molecule has 0 bridgehead atoms. The second kappa shape index (κ2) is 7.71. The van der Waals surface area contributed by atoms with Gasteiger partial charge in [-0.2, -0.15) is 0 Å². The highest BCUT2D eigenvalue weighted by Gasteiger charge is 2.41. The van der Waals surface area contributed by atoms with Crippen LogP contribution >= 0.6 is 22.6 Å². The lowest BCUT2D eigenvalue weighted by Gasteiger charge is -2.34. The molecule has 0 aromatic carbocycles. The van der Waals surface area contributed by atoms with E-state index in [1.54, 1.807) is 13.2 Å². The third-order valence-electron chi connectivity index (χ3n) is 4.44. The third kappa shape index (κ3) is 3.84. The van der Waals surface area contributed by atoms with Crippen LogP contribution in [0, 0.1) is 15.5 Å². The van der Waals surface area contributed by atoms with Crippen LogP contribution < -0.4 is 0 Å². The first-order valence-corrected chi connectivity index (χ1v) is 9.15. The van der Waals surface area contributed by atoms with Crippen LogP contribution in [0.15, 0.2) is 6.20 Å². The largest absolute Gasteiger partial charge is 0.453 e. The summed E-state index contributed by atoms with van der Waals surface area (Å²) < 4.78 is 5.73. The van der Waals surface area contributed by atoms with Gasteiger partial charge in [0.25, 0.3) is 0 Å². The van der Waals surface area contributed by atoms with Crippen molar-refractivity contribution in [2.75, 3.05) is 20.7 Å². The van der Waals surface area contributed by atoms with Crippen LogP contribution in [0.2, 0.25) is 0 Å². The van der Waals surface area contributed by atoms with Crippen molar-refractivity contribution in [3.63, 3.8) is 0 Å². The fraction of sp³-hybridized carbons (Fsp3) is 0.688. The Morgan fingerprint density at radius 3 is 2.67 bits per heavy atom. The van der Waals surface area contributed by atoms with Gasteiger partial charge in [-0.05, 0) is 40.8 Å². The minimum absolute atomic E-state index is 0.0186. The SMILES string of the molecule is COC(=O)N(C)[C@H](C(=O)N1C[C@@H](C)C[C@H]1c1ncc(I)[nH]1)C(C)C. The molecular formula is C16H25IN4O3. The van der Waals surface area contributed by atoms with Gasteiger partial charge in [-0.25, -0.2) is 9.78 Å². The van der Waals surface area contributed by atoms with Gasteiger partial charge < -0.3 is 14.6 Å². The number of halogens is 1. The Balaban J connectivity index is 2.28. The number of aromatic nitrogens is 2. The molecule has 1 saturated heterocycles. The van der Waals surface area contributed by atoms with Crippen molar-refractivity contribution in [3.05, 3.63) is 15.7 Å². The minimum Gasteiger partial charge on any atom is -0.453 e. The molecule has 24 heavy (non-hydrogen) atoms. The van der Waals surface area contributed by atoms with Gasteiger partial charge >= 0.3 is 6.09 Å². The van der Waals surface area contributed by atoms with Gasteiger partial charge in [-0.3, -0.25) is 9.69 Å². The van der Waals surface area contributed by atoms with Crippen LogP contribution in [-0.2, 0) is 9.53 Å². The van der Waals surface area contributed by atoms with Gasteiger partial charge in [-0.1, -0.05) is 20.8 Å². The van der Waals surface area contributed by atoms with E-state index in [0.717, 1.165) is 15.9 Å². The van der Waals surface area contributed by atoms with E-state index in [0.29, 0.717) is 12.5 Å². The quantitative estimate of drug-likeness (QED) is 0.719. The number of likely N-dealkylation sites (N-methyl/N-ethyl adjacent to an activating group) is 1. The molecule has 1 aliphatic rings. The Bertz CT molecular complexity index is 604. The van der Waals surface area contributed by atoms with Gasteiger partial charge in [0.05, 0.1) is 23.0 Å². The molecule has 1 fully saturated rings. The maximum atomic E-state index is 13.2. The molecule has 3 atom stereocenters. The van der Waals surface area contributed by atoms with E-state index in [9.17, 15) is 9.59 Å². The number of carbonyl (C=O) groups is 2. The lowest BCUT2D eigenvalue weighted by atomic mass is 10.0. The number of aromatic amines is 1. The Hall–Kier alpha value is -1.32. The Kier molecular flexibility index (Phi) is 6.11. The summed E-state index contributed by atoms with van der Waals surface area (Å²) in [5, 5.41) is 0. The second-order valence-corrected chi connectivity index (χ2v) is 7.90. The van der Waals surface area contributed by atoms with Gasteiger partial charge in [-0.15, -0.1) is 0 Å². The molecule has 1 aromatic heterocycles. The van der Waals surface area contributed by atoms with Gasteiger partial charge in [0, 0.05) is 13.6 Å². The number of carbonyl (C=O) groups excluding carboxylic acids is 2. The van der Waals surface area contributed by atoms with E-state index >= 15 is 0 Å². The summed E-state index contributed by atoms with van der Waals surface area (Å²) >= 11 is 2.17. The summed E-state index contributed by atoms with van der Waals surface area (Å²) in [7, 11) is 2.94. The van der Waals surface area contributed by atoms with E-state index in [1.807, 2.05) is 18.7 Å². The molecule has 0 spiro atoms. The summed E-state index contributed by atoms with van der Waals surface area (Å²) in [6, 6.07) is -0.636. The standard InChI is InChI=1S/C16H25IN4O3/c1-9(2)13(20(4)16(23)24-5)15(22)21-8-10(3)6-11(21)14-18-7-12(17)19-14/h7,9-11,13H,6,8H2,1-5H3,(H,18,19)/t10-,11-,13-/m0/s1. The molecule has 0 aliphatic carbocycles. The van der Waals surface area contributed by atoms with E-state index < -0.39 is 12.1 Å². The Morgan fingerprint density at radius 1 is 1.50 bits per heavy atom. The first kappa shape index (κ1) is 19.0. The molecule has 134 valence electrons. The van der Waals surface area contributed by atoms with Crippen LogP contribution in [0.3, 0.4) is 0 Å². The maximum Gasteiger partial charge on any atom is 0.409 e. The lowest BCUT2D eigenvalue weighted by molar-refractivity contribution is -0.138. The molecule has 0 saturated carbocycles. The average Bonchev–Trinajstić information content (AvgIpc) is 3.11. The van der Waals surface area contributed by atoms with Gasteiger partial charge in [0.2, 0.25) is 5.91 Å². The van der Waals surface area contributed by atoms with Crippen molar-refractivity contribution in [2.24, 2.45) is 11.8 Å². The fourth-order valence-electron chi connectivity index (χ4n) is 3.36. The lowest BCUT2D eigenvalue weighted by Crippen LogP contribution is -2.52. The number of likely N-dealkylation sites (tertiary alicyclic amines) is 1. The van der Waals surface area contributed by atoms with E-state index in [1.165, 1.54) is 12.0 Å². The molecule has 1 aromatic rings. The molecule has 2 amide bonds. The molecule has 8 heteroatoms.